The van der Waals surface area contributed by atoms with Crippen LogP contribution in [0.4, 0.5) is 5.82 Å². The molecule has 3 aliphatic rings. The van der Waals surface area contributed by atoms with Crippen molar-refractivity contribution in [3.8, 4) is 6.07 Å². The van der Waals surface area contributed by atoms with E-state index in [1.54, 1.807) is 16.4 Å². The molecule has 4 heterocycles. The number of carbonyl (C=O) groups is 1. The Morgan fingerprint density at radius 2 is 2.00 bits per heavy atom. The third-order valence-corrected chi connectivity index (χ3v) is 7.76. The van der Waals surface area contributed by atoms with Gasteiger partial charge in [0, 0.05) is 43.8 Å². The number of nitrogens with zero attached hydrogens (tertiary/aromatic N) is 4. The summed E-state index contributed by atoms with van der Waals surface area (Å²) in [5.74, 6) is 1.15. The minimum atomic E-state index is -3.16. The van der Waals surface area contributed by atoms with Gasteiger partial charge in [-0.25, -0.2) is 13.4 Å². The van der Waals surface area contributed by atoms with E-state index >= 15 is 0 Å². The third-order valence-electron chi connectivity index (χ3n) is 6.40. The maximum atomic E-state index is 12.8. The first kappa shape index (κ1) is 20.1. The Morgan fingerprint density at radius 1 is 1.28 bits per heavy atom. The second-order valence-corrected chi connectivity index (χ2v) is 10.4. The number of sulfonamides is 1. The van der Waals surface area contributed by atoms with E-state index in [1.807, 2.05) is 4.90 Å². The molecule has 2 bridgehead atoms. The van der Waals surface area contributed by atoms with Crippen molar-refractivity contribution in [1.29, 1.82) is 5.26 Å². The Labute approximate surface area is 171 Å². The largest absolute Gasteiger partial charge is 0.365 e. The molecule has 0 radical (unpaired) electrons. The van der Waals surface area contributed by atoms with Crippen molar-refractivity contribution in [2.24, 2.45) is 5.92 Å². The van der Waals surface area contributed by atoms with Gasteiger partial charge in [-0.05, 0) is 50.2 Å². The monoisotopic (exact) mass is 417 g/mol. The summed E-state index contributed by atoms with van der Waals surface area (Å²) in [4.78, 5) is 19.0. The third kappa shape index (κ3) is 4.38. The minimum Gasteiger partial charge on any atom is -0.365 e. The minimum absolute atomic E-state index is 0.0667. The molecule has 4 rings (SSSR count). The molecule has 3 fully saturated rings. The molecule has 9 heteroatoms. The number of hydrogen-bond acceptors (Lipinski definition) is 6. The zero-order valence-electron chi connectivity index (χ0n) is 16.6. The fourth-order valence-electron chi connectivity index (χ4n) is 5.19. The number of pyridine rings is 1. The second-order valence-electron chi connectivity index (χ2n) is 8.53. The Bertz CT molecular complexity index is 897. The van der Waals surface area contributed by atoms with E-state index in [2.05, 4.69) is 16.4 Å². The number of rotatable bonds is 5. The number of nitriles is 1. The lowest BCUT2D eigenvalue weighted by Crippen LogP contribution is -2.46. The summed E-state index contributed by atoms with van der Waals surface area (Å²) in [6, 6.07) is 5.85. The molecule has 1 amide bonds. The average Bonchev–Trinajstić information content (AvgIpc) is 3.25. The highest BCUT2D eigenvalue weighted by molar-refractivity contribution is 7.88. The van der Waals surface area contributed by atoms with Crippen molar-refractivity contribution in [3.63, 3.8) is 0 Å². The molecule has 3 atom stereocenters. The zero-order chi connectivity index (χ0) is 20.6. The van der Waals surface area contributed by atoms with E-state index in [-0.39, 0.29) is 30.0 Å². The van der Waals surface area contributed by atoms with E-state index in [4.69, 9.17) is 5.26 Å². The van der Waals surface area contributed by atoms with Crippen LogP contribution in [0.15, 0.2) is 18.3 Å². The Balaban J connectivity index is 1.28. The van der Waals surface area contributed by atoms with Gasteiger partial charge in [-0.2, -0.15) is 9.57 Å². The van der Waals surface area contributed by atoms with Crippen molar-refractivity contribution >= 4 is 21.7 Å². The lowest BCUT2D eigenvalue weighted by Gasteiger charge is -2.37. The van der Waals surface area contributed by atoms with Gasteiger partial charge in [0.25, 0.3) is 0 Å². The summed E-state index contributed by atoms with van der Waals surface area (Å²) in [7, 11) is -3.16. The highest BCUT2D eigenvalue weighted by atomic mass is 32.2. The van der Waals surface area contributed by atoms with Crippen molar-refractivity contribution in [2.45, 2.75) is 56.7 Å². The molecule has 0 aliphatic carbocycles. The molecule has 0 saturated carbocycles. The van der Waals surface area contributed by atoms with E-state index in [9.17, 15) is 13.2 Å². The predicted octanol–water partition coefficient (Wildman–Crippen LogP) is 1.56. The van der Waals surface area contributed by atoms with Gasteiger partial charge in [-0.3, -0.25) is 4.79 Å². The van der Waals surface area contributed by atoms with Crippen LogP contribution in [0.5, 0.6) is 0 Å². The maximum absolute atomic E-state index is 12.8. The summed E-state index contributed by atoms with van der Waals surface area (Å²) in [5.41, 5.74) is 0.523. The van der Waals surface area contributed by atoms with Crippen LogP contribution >= 0.6 is 0 Å². The van der Waals surface area contributed by atoms with E-state index in [0.29, 0.717) is 24.3 Å². The number of amides is 1. The Hall–Kier alpha value is -2.18. The standard InChI is InChI=1S/C20H27N5O3S/c1-29(27,28)25-17-3-4-18(25)9-15(8-17)10-20(26)24-7-6-16(13-24)23-19-5-2-14(11-21)12-22-19/h2,5,12,15-18H,3-4,6-10,13H2,1H3,(H,22,23)/t15?,16-,17?,18?/m1/s1. The summed E-state index contributed by atoms with van der Waals surface area (Å²) in [6.45, 7) is 1.37. The first-order valence-electron chi connectivity index (χ1n) is 10.2. The van der Waals surface area contributed by atoms with Gasteiger partial charge in [0.05, 0.1) is 11.8 Å². The average molecular weight is 418 g/mol. The molecule has 3 aliphatic heterocycles. The van der Waals surface area contributed by atoms with Crippen molar-refractivity contribution in [3.05, 3.63) is 23.9 Å². The van der Waals surface area contributed by atoms with Gasteiger partial charge >= 0.3 is 0 Å². The normalized spacial score (nSPS) is 29.6. The fraction of sp³-hybridized carbons (Fsp3) is 0.650. The van der Waals surface area contributed by atoms with Crippen LogP contribution in [0.1, 0.15) is 44.1 Å². The quantitative estimate of drug-likeness (QED) is 0.779. The van der Waals surface area contributed by atoms with Crippen molar-refractivity contribution < 1.29 is 13.2 Å². The molecule has 2 unspecified atom stereocenters. The molecule has 156 valence electrons. The Morgan fingerprint density at radius 3 is 2.59 bits per heavy atom. The number of fused-ring (bicyclic) bond motifs is 2. The van der Waals surface area contributed by atoms with Crippen LogP contribution < -0.4 is 5.32 Å². The zero-order valence-corrected chi connectivity index (χ0v) is 17.4. The molecule has 3 saturated heterocycles. The highest BCUT2D eigenvalue weighted by Gasteiger charge is 2.45. The van der Waals surface area contributed by atoms with Gasteiger partial charge in [0.1, 0.15) is 11.9 Å². The van der Waals surface area contributed by atoms with Crippen LogP contribution in [0.25, 0.3) is 0 Å². The predicted molar refractivity (Wildman–Crippen MR) is 108 cm³/mol. The number of piperidine rings is 1. The molecule has 0 spiro atoms. The SMILES string of the molecule is CS(=O)(=O)N1C2CCC1CC(CC(=O)N1CC[C@@H](Nc3ccc(C#N)cn3)C1)C2. The lowest BCUT2D eigenvalue weighted by atomic mass is 9.89. The smallest absolute Gasteiger partial charge is 0.222 e. The summed E-state index contributed by atoms with van der Waals surface area (Å²) >= 11 is 0. The highest BCUT2D eigenvalue weighted by Crippen LogP contribution is 2.41. The topological polar surface area (TPSA) is 106 Å². The number of anilines is 1. The number of carbonyl (C=O) groups excluding carboxylic acids is 1. The summed E-state index contributed by atoms with van der Waals surface area (Å²) in [5, 5.41) is 12.2. The first-order chi connectivity index (χ1) is 13.8. The van der Waals surface area contributed by atoms with E-state index < -0.39 is 10.0 Å². The van der Waals surface area contributed by atoms with E-state index in [1.165, 1.54) is 12.5 Å². The van der Waals surface area contributed by atoms with Crippen LogP contribution in [0.2, 0.25) is 0 Å². The number of likely N-dealkylation sites (tertiary alicyclic amines) is 1. The van der Waals surface area contributed by atoms with E-state index in [0.717, 1.165) is 38.6 Å². The molecule has 29 heavy (non-hydrogen) atoms. The first-order valence-corrected chi connectivity index (χ1v) is 12.1. The molecule has 1 aromatic rings. The van der Waals surface area contributed by atoms with Gasteiger partial charge in [-0.1, -0.05) is 0 Å². The van der Waals surface area contributed by atoms with Crippen LogP contribution in [-0.4, -0.2) is 66.0 Å². The van der Waals surface area contributed by atoms with Gasteiger partial charge in [0.2, 0.25) is 15.9 Å². The molecular weight excluding hydrogens is 390 g/mol. The lowest BCUT2D eigenvalue weighted by molar-refractivity contribution is -0.131. The number of aromatic nitrogens is 1. The Kier molecular flexibility index (Phi) is 5.49. The summed E-state index contributed by atoms with van der Waals surface area (Å²) < 4.78 is 25.7. The van der Waals surface area contributed by atoms with Crippen molar-refractivity contribution in [2.75, 3.05) is 24.7 Å². The maximum Gasteiger partial charge on any atom is 0.222 e. The summed E-state index contributed by atoms with van der Waals surface area (Å²) in [6.07, 6.45) is 7.62. The molecule has 0 aromatic carbocycles. The van der Waals surface area contributed by atoms with Crippen LogP contribution in [-0.2, 0) is 14.8 Å². The molecule has 8 nitrogen and oxygen atoms in total. The second kappa shape index (κ2) is 7.92. The molecule has 1 N–H and O–H groups in total. The van der Waals surface area contributed by atoms with Crippen LogP contribution in [0.3, 0.4) is 0 Å². The molecular formula is C20H27N5O3S. The van der Waals surface area contributed by atoms with Gasteiger partial charge in [-0.15, -0.1) is 0 Å². The number of nitrogens with one attached hydrogen (secondary N) is 1. The van der Waals surface area contributed by atoms with Crippen molar-refractivity contribution in [1.82, 2.24) is 14.2 Å². The molecule has 1 aromatic heterocycles. The van der Waals surface area contributed by atoms with Gasteiger partial charge < -0.3 is 10.2 Å². The van der Waals surface area contributed by atoms with Gasteiger partial charge in [0.15, 0.2) is 0 Å². The number of hydrogen-bond donors (Lipinski definition) is 1. The fourth-order valence-corrected chi connectivity index (χ4v) is 6.66. The van der Waals surface area contributed by atoms with Crippen LogP contribution in [0, 0.1) is 17.2 Å².